The van der Waals surface area contributed by atoms with Crippen LogP contribution in [0, 0.1) is 17.3 Å². The first-order valence-corrected chi connectivity index (χ1v) is 19.5. The van der Waals surface area contributed by atoms with Crippen molar-refractivity contribution in [2.45, 2.75) is 94.6 Å². The van der Waals surface area contributed by atoms with Crippen LogP contribution in [0.4, 0.5) is 4.79 Å². The minimum absolute atomic E-state index is 0.00834. The van der Waals surface area contributed by atoms with Crippen molar-refractivity contribution >= 4 is 22.0 Å². The zero-order valence-electron chi connectivity index (χ0n) is 29.4. The second-order valence-corrected chi connectivity index (χ2v) is 16.9. The Kier molecular flexibility index (Phi) is 11.8. The van der Waals surface area contributed by atoms with Crippen LogP contribution in [0.15, 0.2) is 53.4 Å². The molecule has 4 aliphatic rings. The number of carbonyl (C=O) groups excluding carboxylic acids is 1. The summed E-state index contributed by atoms with van der Waals surface area (Å²) < 4.78 is 52.7. The fourth-order valence-corrected chi connectivity index (χ4v) is 9.12. The predicted molar refractivity (Wildman–Crippen MR) is 187 cm³/mol. The van der Waals surface area contributed by atoms with Crippen molar-refractivity contribution in [3.63, 3.8) is 0 Å². The van der Waals surface area contributed by atoms with Gasteiger partial charge in [-0.3, -0.25) is 9.69 Å². The van der Waals surface area contributed by atoms with E-state index in [1.807, 2.05) is 44.2 Å². The monoisotopic (exact) mass is 729 g/mol. The maximum absolute atomic E-state index is 14.5. The van der Waals surface area contributed by atoms with E-state index >= 15 is 0 Å². The minimum Gasteiger partial charge on any atom is -0.465 e. The molecule has 1 saturated carbocycles. The molecular weight excluding hydrogens is 678 g/mol. The number of ether oxygens (including phenoxy) is 4. The molecular formula is C37H51N3O10S. The molecule has 0 unspecified atom stereocenters. The highest BCUT2D eigenvalue weighted by Gasteiger charge is 2.49. The topological polar surface area (TPSA) is 164 Å². The van der Waals surface area contributed by atoms with Crippen LogP contribution in [0.5, 0.6) is 11.5 Å². The number of aliphatic hydroxyl groups is 1. The number of carboxylic acid groups (broad SMARTS) is 1. The smallest absolute Gasteiger partial charge is 0.407 e. The average molecular weight is 730 g/mol. The molecule has 2 aromatic carbocycles. The normalized spacial score (nSPS) is 22.5. The summed E-state index contributed by atoms with van der Waals surface area (Å²) in [5.41, 5.74) is 0.306. The Morgan fingerprint density at radius 3 is 2.51 bits per heavy atom. The Bertz CT molecular complexity index is 1620. The molecule has 0 aromatic heterocycles. The van der Waals surface area contributed by atoms with Gasteiger partial charge < -0.3 is 34.5 Å². The Balaban J connectivity index is 1.23. The largest absolute Gasteiger partial charge is 0.465 e. The molecule has 0 spiro atoms. The van der Waals surface area contributed by atoms with Crippen molar-refractivity contribution in [1.29, 1.82) is 0 Å². The molecule has 6 rings (SSSR count). The Hall–Kier alpha value is -3.43. The molecule has 3 N–H and O–H groups in total. The Morgan fingerprint density at radius 1 is 1.00 bits per heavy atom. The first-order valence-electron chi connectivity index (χ1n) is 18.1. The van der Waals surface area contributed by atoms with Gasteiger partial charge in [0.25, 0.3) is 0 Å². The van der Waals surface area contributed by atoms with Gasteiger partial charge in [0.05, 0.1) is 36.3 Å². The van der Waals surface area contributed by atoms with Gasteiger partial charge in [-0.05, 0) is 61.6 Å². The molecule has 2 aromatic rings. The fourth-order valence-electron chi connectivity index (χ4n) is 7.46. The standard InChI is InChI=1S/C37H51N3O10S/c1-37(2,16-7-4-8-17-38-34(42)26-11-12-26)23-39(51(45,46)27-13-14-32-33(20-27)50-24-49-32)21-31(41)29(19-25-9-5-3-6-10-25)40(36(43)44)30-22-48-35-28(30)15-18-47-35/h3,5-6,9-10,13-14,20,26,28-31,35,41H,4,7-8,11-12,15-19,21-24H2,1-2H3,(H,38,42)(H,43,44)/t28-,29-,30-,31+,35+/m0/s1. The molecule has 51 heavy (non-hydrogen) atoms. The molecule has 0 bridgehead atoms. The van der Waals surface area contributed by atoms with E-state index in [0.717, 1.165) is 37.7 Å². The van der Waals surface area contributed by atoms with E-state index < -0.39 is 46.0 Å². The van der Waals surface area contributed by atoms with Gasteiger partial charge in [0.1, 0.15) is 0 Å². The zero-order valence-corrected chi connectivity index (χ0v) is 30.3. The van der Waals surface area contributed by atoms with Crippen molar-refractivity contribution in [1.82, 2.24) is 14.5 Å². The van der Waals surface area contributed by atoms with E-state index in [2.05, 4.69) is 5.32 Å². The summed E-state index contributed by atoms with van der Waals surface area (Å²) in [5.74, 6) is 0.871. The lowest BCUT2D eigenvalue weighted by atomic mass is 9.86. The summed E-state index contributed by atoms with van der Waals surface area (Å²) in [6, 6.07) is 12.2. The number of nitrogens with zero attached hydrogens (tertiary/aromatic N) is 2. The minimum atomic E-state index is -4.21. The highest BCUT2D eigenvalue weighted by molar-refractivity contribution is 7.89. The summed E-state index contributed by atoms with van der Waals surface area (Å²) in [6.45, 7) is 4.92. The molecule has 14 heteroatoms. The van der Waals surface area contributed by atoms with Crippen molar-refractivity contribution in [3.05, 3.63) is 54.1 Å². The predicted octanol–water partition coefficient (Wildman–Crippen LogP) is 4.23. The summed E-state index contributed by atoms with van der Waals surface area (Å²) in [4.78, 5) is 26.3. The molecule has 0 radical (unpaired) electrons. The van der Waals surface area contributed by atoms with Crippen molar-refractivity contribution in [2.75, 3.05) is 39.6 Å². The number of hydrogen-bond acceptors (Lipinski definition) is 9. The van der Waals surface area contributed by atoms with E-state index in [0.29, 0.717) is 37.5 Å². The number of fused-ring (bicyclic) bond motifs is 2. The van der Waals surface area contributed by atoms with Crippen LogP contribution in [0.25, 0.3) is 0 Å². The van der Waals surface area contributed by atoms with Crippen LogP contribution in [0.2, 0.25) is 0 Å². The lowest BCUT2D eigenvalue weighted by molar-refractivity contribution is -0.122. The van der Waals surface area contributed by atoms with Crippen LogP contribution in [-0.4, -0.2) is 104 Å². The van der Waals surface area contributed by atoms with Crippen LogP contribution >= 0.6 is 0 Å². The number of aliphatic hydroxyl groups excluding tert-OH is 1. The number of amides is 2. The van der Waals surface area contributed by atoms with Crippen LogP contribution in [0.1, 0.15) is 64.4 Å². The number of hydrogen-bond donors (Lipinski definition) is 3. The second kappa shape index (κ2) is 16.1. The van der Waals surface area contributed by atoms with Crippen molar-refractivity contribution in [2.24, 2.45) is 17.3 Å². The Morgan fingerprint density at radius 2 is 1.76 bits per heavy atom. The molecule has 5 atom stereocenters. The number of nitrogens with one attached hydrogen (secondary N) is 1. The molecule has 2 saturated heterocycles. The molecule has 3 fully saturated rings. The van der Waals surface area contributed by atoms with Gasteiger partial charge >= 0.3 is 6.09 Å². The van der Waals surface area contributed by atoms with Crippen molar-refractivity contribution in [3.8, 4) is 11.5 Å². The van der Waals surface area contributed by atoms with Gasteiger partial charge in [-0.15, -0.1) is 0 Å². The van der Waals surface area contributed by atoms with Gasteiger partial charge in [-0.2, -0.15) is 4.31 Å². The SMILES string of the molecule is CC(C)(CCCCCNC(=O)C1CC1)CN(C[C@@H](O)[C@H](Cc1ccccc1)N(C(=O)O)[C@H]1CO[C@H]2OCC[C@H]21)S(=O)(=O)c1ccc2c(c1)OCO2. The number of unbranched alkanes of at least 4 members (excludes halogenated alkanes) is 2. The van der Waals surface area contributed by atoms with E-state index in [1.165, 1.54) is 21.3 Å². The third kappa shape index (κ3) is 9.15. The Labute approximate surface area is 300 Å². The van der Waals surface area contributed by atoms with Crippen LogP contribution in [-0.2, 0) is 30.7 Å². The maximum Gasteiger partial charge on any atom is 0.407 e. The van der Waals surface area contributed by atoms with Crippen LogP contribution in [0.3, 0.4) is 0 Å². The molecule has 3 aliphatic heterocycles. The van der Waals surface area contributed by atoms with E-state index in [1.54, 1.807) is 6.07 Å². The summed E-state index contributed by atoms with van der Waals surface area (Å²) >= 11 is 0. The average Bonchev–Trinajstić information content (AvgIpc) is 3.46. The number of sulfonamides is 1. The number of carbonyl (C=O) groups is 2. The van der Waals surface area contributed by atoms with Gasteiger partial charge in [0.15, 0.2) is 17.8 Å². The fraction of sp³-hybridized carbons (Fsp3) is 0.622. The van der Waals surface area contributed by atoms with Gasteiger partial charge in [-0.25, -0.2) is 13.2 Å². The lowest BCUT2D eigenvalue weighted by Crippen LogP contribution is -2.58. The number of rotatable bonds is 18. The van der Waals surface area contributed by atoms with E-state index in [-0.39, 0.29) is 55.5 Å². The maximum atomic E-state index is 14.5. The first-order chi connectivity index (χ1) is 24.4. The molecule has 280 valence electrons. The second-order valence-electron chi connectivity index (χ2n) is 15.0. The lowest BCUT2D eigenvalue weighted by Gasteiger charge is -2.40. The third-order valence-electron chi connectivity index (χ3n) is 10.4. The molecule has 13 nitrogen and oxygen atoms in total. The number of benzene rings is 2. The summed E-state index contributed by atoms with van der Waals surface area (Å²) in [7, 11) is -4.21. The highest BCUT2D eigenvalue weighted by atomic mass is 32.2. The molecule has 3 heterocycles. The summed E-state index contributed by atoms with van der Waals surface area (Å²) in [6.07, 6.45) is 2.83. The third-order valence-corrected chi connectivity index (χ3v) is 12.2. The first kappa shape index (κ1) is 37.3. The highest BCUT2D eigenvalue weighted by Crippen LogP contribution is 2.38. The van der Waals surface area contributed by atoms with Crippen molar-refractivity contribution < 1.29 is 47.2 Å². The van der Waals surface area contributed by atoms with Crippen LogP contribution < -0.4 is 14.8 Å². The van der Waals surface area contributed by atoms with E-state index in [9.17, 15) is 28.2 Å². The zero-order chi connectivity index (χ0) is 36.2. The quantitative estimate of drug-likeness (QED) is 0.189. The molecule has 2 amide bonds. The molecule has 1 aliphatic carbocycles. The van der Waals surface area contributed by atoms with Gasteiger partial charge in [0, 0.05) is 37.5 Å². The summed E-state index contributed by atoms with van der Waals surface area (Å²) in [5, 5.41) is 25.8. The van der Waals surface area contributed by atoms with E-state index in [4.69, 9.17) is 18.9 Å². The van der Waals surface area contributed by atoms with Gasteiger partial charge in [-0.1, -0.05) is 57.0 Å². The van der Waals surface area contributed by atoms with Gasteiger partial charge in [0.2, 0.25) is 22.7 Å².